The molecule has 25 heavy (non-hydrogen) atoms. The van der Waals surface area contributed by atoms with E-state index in [-0.39, 0.29) is 6.54 Å². The molecule has 6 heteroatoms. The van der Waals surface area contributed by atoms with Crippen molar-refractivity contribution in [3.8, 4) is 11.3 Å². The number of carbonyl (C=O) groups is 1. The van der Waals surface area contributed by atoms with Crippen LogP contribution in [-0.2, 0) is 11.2 Å². The highest BCUT2D eigenvalue weighted by Gasteiger charge is 2.18. The number of carboxylic acid groups (broad SMARTS) is 1. The van der Waals surface area contributed by atoms with E-state index in [0.717, 1.165) is 50.4 Å². The van der Waals surface area contributed by atoms with Crippen LogP contribution in [0.5, 0.6) is 0 Å². The molecule has 0 atom stereocenters. The molecule has 1 aromatic heterocycles. The fourth-order valence-corrected chi connectivity index (χ4v) is 3.10. The first-order chi connectivity index (χ1) is 12.1. The number of nitrogens with two attached hydrogens (primary N) is 1. The number of hydrogen-bond acceptors (Lipinski definition) is 5. The number of benzene rings is 1. The van der Waals surface area contributed by atoms with Crippen LogP contribution in [0.1, 0.15) is 5.56 Å². The number of hydrogen-bond donors (Lipinski definition) is 2. The second-order valence-corrected chi connectivity index (χ2v) is 6.41. The Morgan fingerprint density at radius 3 is 2.36 bits per heavy atom. The third kappa shape index (κ3) is 5.01. The van der Waals surface area contributed by atoms with E-state index >= 15 is 0 Å². The summed E-state index contributed by atoms with van der Waals surface area (Å²) in [7, 11) is 0. The van der Waals surface area contributed by atoms with Crippen LogP contribution in [0.4, 0.5) is 5.82 Å². The summed E-state index contributed by atoms with van der Waals surface area (Å²) in [6, 6.07) is 14.1. The lowest BCUT2D eigenvalue weighted by atomic mass is 10.1. The van der Waals surface area contributed by atoms with Crippen LogP contribution < -0.4 is 5.73 Å². The van der Waals surface area contributed by atoms with Gasteiger partial charge in [0.15, 0.2) is 0 Å². The van der Waals surface area contributed by atoms with Gasteiger partial charge in [-0.2, -0.15) is 0 Å². The summed E-state index contributed by atoms with van der Waals surface area (Å²) in [5, 5.41) is 8.84. The molecule has 0 amide bonds. The first-order valence-corrected chi connectivity index (χ1v) is 8.58. The third-order valence-corrected chi connectivity index (χ3v) is 4.56. The molecule has 0 aliphatic carbocycles. The molecule has 0 bridgehead atoms. The van der Waals surface area contributed by atoms with Gasteiger partial charge in [-0.15, -0.1) is 0 Å². The van der Waals surface area contributed by atoms with E-state index in [9.17, 15) is 4.79 Å². The van der Waals surface area contributed by atoms with Crippen LogP contribution >= 0.6 is 0 Å². The smallest absolute Gasteiger partial charge is 0.317 e. The molecular weight excluding hydrogens is 316 g/mol. The van der Waals surface area contributed by atoms with E-state index < -0.39 is 5.97 Å². The van der Waals surface area contributed by atoms with Crippen molar-refractivity contribution in [1.29, 1.82) is 0 Å². The van der Waals surface area contributed by atoms with Crippen LogP contribution in [0.2, 0.25) is 0 Å². The maximum atomic E-state index is 10.7. The minimum absolute atomic E-state index is 0.146. The lowest BCUT2D eigenvalue weighted by molar-refractivity contribution is -0.138. The second-order valence-electron chi connectivity index (χ2n) is 6.41. The lowest BCUT2D eigenvalue weighted by Crippen LogP contribution is -2.48. The fourth-order valence-electron chi connectivity index (χ4n) is 3.10. The van der Waals surface area contributed by atoms with Crippen LogP contribution in [-0.4, -0.2) is 65.1 Å². The second kappa shape index (κ2) is 8.09. The maximum Gasteiger partial charge on any atom is 0.317 e. The summed E-state index contributed by atoms with van der Waals surface area (Å²) >= 11 is 0. The predicted octanol–water partition coefficient (Wildman–Crippen LogP) is 1.58. The summed E-state index contributed by atoms with van der Waals surface area (Å²) in [5.41, 5.74) is 8.99. The molecule has 0 radical (unpaired) electrons. The summed E-state index contributed by atoms with van der Waals surface area (Å²) in [6.07, 6.45) is 0.990. The highest BCUT2D eigenvalue weighted by molar-refractivity contribution is 5.69. The van der Waals surface area contributed by atoms with Crippen LogP contribution in [0.3, 0.4) is 0 Å². The van der Waals surface area contributed by atoms with E-state index in [2.05, 4.69) is 34.1 Å². The van der Waals surface area contributed by atoms with Gasteiger partial charge in [-0.3, -0.25) is 9.69 Å². The van der Waals surface area contributed by atoms with Crippen molar-refractivity contribution in [2.75, 3.05) is 45.0 Å². The Labute approximate surface area is 147 Å². The number of pyridine rings is 1. The van der Waals surface area contributed by atoms with Gasteiger partial charge in [0, 0.05) is 38.3 Å². The highest BCUT2D eigenvalue weighted by atomic mass is 16.4. The van der Waals surface area contributed by atoms with Gasteiger partial charge in [0.25, 0.3) is 0 Å². The number of nitrogens with zero attached hydrogens (tertiary/aromatic N) is 3. The van der Waals surface area contributed by atoms with Crippen molar-refractivity contribution >= 4 is 11.8 Å². The number of anilines is 1. The molecule has 0 spiro atoms. The maximum absolute atomic E-state index is 10.7. The molecule has 6 nitrogen and oxygen atoms in total. The normalized spacial score (nSPS) is 16.0. The number of piperazine rings is 1. The minimum Gasteiger partial charge on any atom is -0.480 e. The van der Waals surface area contributed by atoms with Gasteiger partial charge in [0.2, 0.25) is 0 Å². The monoisotopic (exact) mass is 340 g/mol. The molecule has 1 aliphatic heterocycles. The first kappa shape index (κ1) is 17.4. The van der Waals surface area contributed by atoms with E-state index in [1.54, 1.807) is 6.07 Å². The Kier molecular flexibility index (Phi) is 5.63. The molecule has 2 aromatic rings. The van der Waals surface area contributed by atoms with Crippen molar-refractivity contribution in [3.63, 3.8) is 0 Å². The van der Waals surface area contributed by atoms with E-state index in [4.69, 9.17) is 10.8 Å². The number of aliphatic carboxylic acids is 1. The van der Waals surface area contributed by atoms with Crippen molar-refractivity contribution in [3.05, 3.63) is 48.0 Å². The van der Waals surface area contributed by atoms with Crippen LogP contribution in [0.15, 0.2) is 42.5 Å². The zero-order valence-corrected chi connectivity index (χ0v) is 14.3. The van der Waals surface area contributed by atoms with Crippen molar-refractivity contribution in [1.82, 2.24) is 14.8 Å². The zero-order valence-electron chi connectivity index (χ0n) is 14.3. The Balaban J connectivity index is 1.49. The minimum atomic E-state index is -0.747. The first-order valence-electron chi connectivity index (χ1n) is 8.58. The van der Waals surface area contributed by atoms with Gasteiger partial charge < -0.3 is 15.7 Å². The van der Waals surface area contributed by atoms with Gasteiger partial charge in [0.1, 0.15) is 5.82 Å². The molecule has 132 valence electrons. The fraction of sp³-hybridized carbons (Fsp3) is 0.368. The number of rotatable bonds is 6. The summed E-state index contributed by atoms with van der Waals surface area (Å²) in [6.45, 7) is 4.65. The molecule has 3 rings (SSSR count). The molecule has 1 fully saturated rings. The topological polar surface area (TPSA) is 82.7 Å². The summed E-state index contributed by atoms with van der Waals surface area (Å²) < 4.78 is 0. The SMILES string of the molecule is Nc1cccc(-c2ccc(CCN3CCN(CC(=O)O)CC3)cc2)n1. The van der Waals surface area contributed by atoms with Crippen molar-refractivity contribution < 1.29 is 9.90 Å². The number of nitrogen functional groups attached to an aromatic ring is 1. The molecule has 1 aromatic carbocycles. The van der Waals surface area contributed by atoms with Gasteiger partial charge in [-0.25, -0.2) is 4.98 Å². The Morgan fingerprint density at radius 2 is 1.72 bits per heavy atom. The predicted molar refractivity (Wildman–Crippen MR) is 98.3 cm³/mol. The van der Waals surface area contributed by atoms with E-state index in [1.807, 2.05) is 17.0 Å². The quantitative estimate of drug-likeness (QED) is 0.831. The molecule has 2 heterocycles. The van der Waals surface area contributed by atoms with Gasteiger partial charge >= 0.3 is 5.97 Å². The van der Waals surface area contributed by atoms with Gasteiger partial charge in [0.05, 0.1) is 12.2 Å². The van der Waals surface area contributed by atoms with E-state index in [0.29, 0.717) is 5.82 Å². The highest BCUT2D eigenvalue weighted by Crippen LogP contribution is 2.19. The molecule has 1 saturated heterocycles. The Morgan fingerprint density at radius 1 is 1.04 bits per heavy atom. The van der Waals surface area contributed by atoms with Crippen molar-refractivity contribution in [2.24, 2.45) is 0 Å². The van der Waals surface area contributed by atoms with Crippen LogP contribution in [0, 0.1) is 0 Å². The average molecular weight is 340 g/mol. The molecular formula is C19H24N4O2. The lowest BCUT2D eigenvalue weighted by Gasteiger charge is -2.33. The number of carboxylic acids is 1. The largest absolute Gasteiger partial charge is 0.480 e. The molecule has 0 saturated carbocycles. The van der Waals surface area contributed by atoms with Crippen molar-refractivity contribution in [2.45, 2.75) is 6.42 Å². The molecule has 0 unspecified atom stereocenters. The standard InChI is InChI=1S/C19H24N4O2/c20-18-3-1-2-17(21-18)16-6-4-15(5-7-16)8-9-22-10-12-23(13-11-22)14-19(24)25/h1-7H,8-14H2,(H2,20,21)(H,24,25). The van der Waals surface area contributed by atoms with Gasteiger partial charge in [-0.05, 0) is 24.1 Å². The number of aromatic nitrogens is 1. The van der Waals surface area contributed by atoms with E-state index in [1.165, 1.54) is 5.56 Å². The molecule has 1 aliphatic rings. The third-order valence-electron chi connectivity index (χ3n) is 4.56. The molecule has 3 N–H and O–H groups in total. The Bertz CT molecular complexity index is 710. The summed E-state index contributed by atoms with van der Waals surface area (Å²) in [4.78, 5) is 19.5. The Hall–Kier alpha value is -2.44. The van der Waals surface area contributed by atoms with Gasteiger partial charge in [-0.1, -0.05) is 30.3 Å². The average Bonchev–Trinajstić information content (AvgIpc) is 2.61. The van der Waals surface area contributed by atoms with Crippen LogP contribution in [0.25, 0.3) is 11.3 Å². The summed E-state index contributed by atoms with van der Waals surface area (Å²) in [5.74, 6) is -0.216. The zero-order chi connectivity index (χ0) is 17.6.